The first-order valence-corrected chi connectivity index (χ1v) is 3.17. The quantitative estimate of drug-likeness (QED) is 0.562. The molecule has 13 heavy (non-hydrogen) atoms. The molecule has 0 saturated carbocycles. The Kier molecular flexibility index (Phi) is 2.36. The summed E-state index contributed by atoms with van der Waals surface area (Å²) in [5.41, 5.74) is -2.44. The van der Waals surface area contributed by atoms with Gasteiger partial charge in [-0.25, -0.2) is 8.78 Å². The zero-order valence-corrected chi connectivity index (χ0v) is 6.16. The molecule has 0 atom stereocenters. The molecule has 1 heterocycles. The molecule has 1 aromatic rings. The molecule has 0 aliphatic heterocycles. The minimum absolute atomic E-state index is 0.517. The number of nitro groups is 1. The molecule has 0 radical (unpaired) electrons. The van der Waals surface area contributed by atoms with Gasteiger partial charge in [-0.3, -0.25) is 14.9 Å². The van der Waals surface area contributed by atoms with Crippen molar-refractivity contribution < 1.29 is 13.7 Å². The Hall–Kier alpha value is -1.79. The van der Waals surface area contributed by atoms with Crippen LogP contribution in [0.5, 0.6) is 0 Å². The number of alkyl halides is 2. The molecule has 7 heteroatoms. The zero-order valence-electron chi connectivity index (χ0n) is 6.16. The van der Waals surface area contributed by atoms with Gasteiger partial charge >= 0.3 is 0 Å². The third-order valence-electron chi connectivity index (χ3n) is 1.37. The summed E-state index contributed by atoms with van der Waals surface area (Å²) in [4.78, 5) is 21.7. The molecule has 1 N–H and O–H groups in total. The molecule has 1 rings (SSSR count). The maximum absolute atomic E-state index is 12.1. The Morgan fingerprint density at radius 3 is 2.62 bits per heavy atom. The number of nitrogens with zero attached hydrogens (tertiary/aromatic N) is 1. The van der Waals surface area contributed by atoms with Crippen molar-refractivity contribution in [1.82, 2.24) is 4.98 Å². The van der Waals surface area contributed by atoms with Crippen molar-refractivity contribution in [3.63, 3.8) is 0 Å². The van der Waals surface area contributed by atoms with Crippen LogP contribution in [0.2, 0.25) is 0 Å². The van der Waals surface area contributed by atoms with Crippen molar-refractivity contribution in [3.05, 3.63) is 38.3 Å². The average molecular weight is 190 g/mol. The third-order valence-corrected chi connectivity index (χ3v) is 1.37. The number of H-pyrrole nitrogens is 1. The second-order valence-electron chi connectivity index (χ2n) is 2.20. The Morgan fingerprint density at radius 1 is 1.54 bits per heavy atom. The van der Waals surface area contributed by atoms with Crippen LogP contribution in [0.15, 0.2) is 17.1 Å². The van der Waals surface area contributed by atoms with Gasteiger partial charge < -0.3 is 4.98 Å². The SMILES string of the molecule is O=c1cc(C(F)F)c([N+](=O)[O-])c[nH]1. The number of hydrogen-bond acceptors (Lipinski definition) is 3. The normalized spacial score (nSPS) is 10.4. The smallest absolute Gasteiger partial charge is 0.294 e. The predicted octanol–water partition coefficient (Wildman–Crippen LogP) is 1.22. The molecule has 0 bridgehead atoms. The van der Waals surface area contributed by atoms with E-state index in [0.717, 1.165) is 0 Å². The Morgan fingerprint density at radius 2 is 2.15 bits per heavy atom. The number of halogens is 2. The van der Waals surface area contributed by atoms with Crippen molar-refractivity contribution in [3.8, 4) is 0 Å². The summed E-state index contributed by atoms with van der Waals surface area (Å²) < 4.78 is 24.2. The number of rotatable bonds is 2. The average Bonchev–Trinajstić information content (AvgIpc) is 2.03. The van der Waals surface area contributed by atoms with Gasteiger partial charge in [0.15, 0.2) is 0 Å². The van der Waals surface area contributed by atoms with E-state index in [4.69, 9.17) is 0 Å². The lowest BCUT2D eigenvalue weighted by Gasteiger charge is -1.98. The van der Waals surface area contributed by atoms with E-state index in [1.165, 1.54) is 0 Å². The molecule has 0 aliphatic rings. The van der Waals surface area contributed by atoms with Crippen molar-refractivity contribution in [1.29, 1.82) is 0 Å². The summed E-state index contributed by atoms with van der Waals surface area (Å²) in [5, 5.41) is 10.2. The first kappa shape index (κ1) is 9.30. The number of aromatic nitrogens is 1. The molecule has 0 amide bonds. The lowest BCUT2D eigenvalue weighted by atomic mass is 10.2. The summed E-state index contributed by atoms with van der Waals surface area (Å²) >= 11 is 0. The highest BCUT2D eigenvalue weighted by Gasteiger charge is 2.21. The summed E-state index contributed by atoms with van der Waals surface area (Å²) in [6.45, 7) is 0. The van der Waals surface area contributed by atoms with E-state index in [-0.39, 0.29) is 0 Å². The molecule has 0 spiro atoms. The summed E-state index contributed by atoms with van der Waals surface area (Å²) in [6.07, 6.45) is -2.37. The van der Waals surface area contributed by atoms with E-state index < -0.39 is 28.2 Å². The van der Waals surface area contributed by atoms with E-state index in [0.29, 0.717) is 12.3 Å². The van der Waals surface area contributed by atoms with Crippen molar-refractivity contribution in [2.45, 2.75) is 6.43 Å². The Bertz CT molecular complexity index is 388. The molecule has 0 unspecified atom stereocenters. The second kappa shape index (κ2) is 3.30. The first-order chi connectivity index (χ1) is 6.02. The molecular weight excluding hydrogens is 186 g/mol. The summed E-state index contributed by atoms with van der Waals surface area (Å²) in [5.74, 6) is 0. The topological polar surface area (TPSA) is 76.0 Å². The van der Waals surface area contributed by atoms with Crippen LogP contribution >= 0.6 is 0 Å². The van der Waals surface area contributed by atoms with E-state index in [1.807, 2.05) is 4.98 Å². The van der Waals surface area contributed by atoms with Crippen LogP contribution in [0.1, 0.15) is 12.0 Å². The summed E-state index contributed by atoms with van der Waals surface area (Å²) in [7, 11) is 0. The van der Waals surface area contributed by atoms with Gasteiger partial charge in [-0.1, -0.05) is 0 Å². The van der Waals surface area contributed by atoms with Crippen molar-refractivity contribution >= 4 is 5.69 Å². The first-order valence-electron chi connectivity index (χ1n) is 3.17. The van der Waals surface area contributed by atoms with Crippen LogP contribution in [0, 0.1) is 10.1 Å². The van der Waals surface area contributed by atoms with E-state index >= 15 is 0 Å². The fourth-order valence-electron chi connectivity index (χ4n) is 0.813. The Labute approximate surface area is 70.2 Å². The van der Waals surface area contributed by atoms with Crippen LogP contribution in [0.4, 0.5) is 14.5 Å². The van der Waals surface area contributed by atoms with Gasteiger partial charge in [0.1, 0.15) is 5.56 Å². The zero-order chi connectivity index (χ0) is 10.0. The highest BCUT2D eigenvalue weighted by Crippen LogP contribution is 2.25. The van der Waals surface area contributed by atoms with Gasteiger partial charge in [-0.15, -0.1) is 0 Å². The monoisotopic (exact) mass is 190 g/mol. The maximum Gasteiger partial charge on any atom is 0.294 e. The second-order valence-corrected chi connectivity index (χ2v) is 2.20. The standard InChI is InChI=1S/C6H4F2N2O3/c7-6(8)3-1-5(11)9-2-4(3)10(12)13/h1-2,6H,(H,9,11). The fraction of sp³-hybridized carbons (Fsp3) is 0.167. The molecule has 0 fully saturated rings. The number of pyridine rings is 1. The lowest BCUT2D eigenvalue weighted by molar-refractivity contribution is -0.386. The van der Waals surface area contributed by atoms with Crippen LogP contribution < -0.4 is 5.56 Å². The van der Waals surface area contributed by atoms with E-state index in [1.54, 1.807) is 0 Å². The molecular formula is C6H4F2N2O3. The van der Waals surface area contributed by atoms with Gasteiger partial charge in [0.2, 0.25) is 5.56 Å². The van der Waals surface area contributed by atoms with Crippen LogP contribution in [-0.2, 0) is 0 Å². The molecule has 0 aromatic carbocycles. The predicted molar refractivity (Wildman–Crippen MR) is 38.7 cm³/mol. The van der Waals surface area contributed by atoms with E-state index in [2.05, 4.69) is 0 Å². The minimum Gasteiger partial charge on any atom is -0.323 e. The van der Waals surface area contributed by atoms with Crippen molar-refractivity contribution in [2.75, 3.05) is 0 Å². The van der Waals surface area contributed by atoms with Gasteiger partial charge in [0.05, 0.1) is 11.1 Å². The molecule has 5 nitrogen and oxygen atoms in total. The third kappa shape index (κ3) is 1.86. The number of hydrogen-bond donors (Lipinski definition) is 1. The Balaban J connectivity index is 3.35. The number of nitrogens with one attached hydrogen (secondary N) is 1. The van der Waals surface area contributed by atoms with Crippen LogP contribution in [0.3, 0.4) is 0 Å². The highest BCUT2D eigenvalue weighted by molar-refractivity contribution is 5.37. The van der Waals surface area contributed by atoms with E-state index in [9.17, 15) is 23.7 Å². The van der Waals surface area contributed by atoms with Crippen molar-refractivity contribution in [2.24, 2.45) is 0 Å². The van der Waals surface area contributed by atoms with Gasteiger partial charge in [-0.05, 0) is 0 Å². The lowest BCUT2D eigenvalue weighted by Crippen LogP contribution is -2.08. The molecule has 0 aliphatic carbocycles. The highest BCUT2D eigenvalue weighted by atomic mass is 19.3. The molecule has 0 saturated heterocycles. The van der Waals surface area contributed by atoms with Crippen LogP contribution in [-0.4, -0.2) is 9.91 Å². The van der Waals surface area contributed by atoms with Crippen LogP contribution in [0.25, 0.3) is 0 Å². The maximum atomic E-state index is 12.1. The fourth-order valence-corrected chi connectivity index (χ4v) is 0.813. The summed E-state index contributed by atoms with van der Waals surface area (Å²) in [6, 6.07) is 0.517. The van der Waals surface area contributed by atoms with Gasteiger partial charge in [0, 0.05) is 6.07 Å². The molecule has 1 aromatic heterocycles. The number of aromatic amines is 1. The molecule has 70 valence electrons. The van der Waals surface area contributed by atoms with Gasteiger partial charge in [-0.2, -0.15) is 0 Å². The largest absolute Gasteiger partial charge is 0.323 e. The minimum atomic E-state index is -3.03. The van der Waals surface area contributed by atoms with Gasteiger partial charge in [0.25, 0.3) is 12.1 Å².